The van der Waals surface area contributed by atoms with Crippen molar-refractivity contribution in [3.05, 3.63) is 32.6 Å². The zero-order valence-corrected chi connectivity index (χ0v) is 10.2. The highest BCUT2D eigenvalue weighted by Crippen LogP contribution is 1.94. The molecule has 1 aromatic heterocycles. The van der Waals surface area contributed by atoms with E-state index in [1.807, 2.05) is 7.05 Å². The Bertz CT molecular complexity index is 536. The van der Waals surface area contributed by atoms with E-state index in [0.29, 0.717) is 19.1 Å². The first kappa shape index (κ1) is 13.2. The van der Waals surface area contributed by atoms with Gasteiger partial charge in [0.1, 0.15) is 11.6 Å². The Morgan fingerprint density at radius 1 is 1.53 bits per heavy atom. The van der Waals surface area contributed by atoms with E-state index in [2.05, 4.69) is 23.7 Å². The van der Waals surface area contributed by atoms with Crippen molar-refractivity contribution in [3.8, 4) is 6.07 Å². The van der Waals surface area contributed by atoms with Gasteiger partial charge in [-0.1, -0.05) is 0 Å². The molecule has 1 aromatic rings. The summed E-state index contributed by atoms with van der Waals surface area (Å²) in [6.07, 6.45) is 1.30. The first-order valence-corrected chi connectivity index (χ1v) is 5.39. The van der Waals surface area contributed by atoms with Gasteiger partial charge in [0.2, 0.25) is 0 Å². The molecule has 0 aliphatic heterocycles. The van der Waals surface area contributed by atoms with Crippen LogP contribution in [0, 0.1) is 11.3 Å². The Morgan fingerprint density at radius 2 is 2.18 bits per heavy atom. The predicted octanol–water partition coefficient (Wildman–Crippen LogP) is -0.252. The molecule has 0 aliphatic carbocycles. The number of H-pyrrole nitrogens is 1. The minimum Gasteiger partial charge on any atom is -0.302 e. The summed E-state index contributed by atoms with van der Waals surface area (Å²) in [5, 5.41) is 8.70. The molecule has 1 rings (SSSR count). The van der Waals surface area contributed by atoms with Crippen LogP contribution in [0.5, 0.6) is 0 Å². The topological polar surface area (TPSA) is 81.9 Å². The normalized spacial score (nSPS) is 10.8. The van der Waals surface area contributed by atoms with Gasteiger partial charge in [-0.25, -0.2) is 4.79 Å². The molecule has 0 unspecified atom stereocenters. The van der Waals surface area contributed by atoms with E-state index in [4.69, 9.17) is 5.26 Å². The molecule has 0 aliphatic rings. The molecule has 1 heterocycles. The SMILES string of the molecule is CC(C)N(C)CCn1cc(C#N)c(=O)[nH]c1=O. The van der Waals surface area contributed by atoms with Crippen LogP contribution in [0.4, 0.5) is 0 Å². The first-order chi connectivity index (χ1) is 7.95. The lowest BCUT2D eigenvalue weighted by Crippen LogP contribution is -2.36. The van der Waals surface area contributed by atoms with Crippen molar-refractivity contribution >= 4 is 0 Å². The summed E-state index contributed by atoms with van der Waals surface area (Å²) in [6, 6.07) is 2.13. The highest BCUT2D eigenvalue weighted by Gasteiger charge is 2.06. The van der Waals surface area contributed by atoms with Gasteiger partial charge < -0.3 is 4.90 Å². The maximum absolute atomic E-state index is 11.5. The second-order valence-corrected chi connectivity index (χ2v) is 4.18. The molecular formula is C11H16N4O2. The summed E-state index contributed by atoms with van der Waals surface area (Å²) in [5.74, 6) is 0. The van der Waals surface area contributed by atoms with E-state index in [9.17, 15) is 9.59 Å². The van der Waals surface area contributed by atoms with Crippen molar-refractivity contribution in [2.24, 2.45) is 0 Å². The number of hydrogen-bond acceptors (Lipinski definition) is 4. The molecule has 0 atom stereocenters. The van der Waals surface area contributed by atoms with Gasteiger partial charge in [0.15, 0.2) is 0 Å². The number of nitrogens with one attached hydrogen (secondary N) is 1. The summed E-state index contributed by atoms with van der Waals surface area (Å²) in [6.45, 7) is 5.22. The third-order valence-corrected chi connectivity index (χ3v) is 2.71. The molecular weight excluding hydrogens is 220 g/mol. The number of hydrogen-bond donors (Lipinski definition) is 1. The second-order valence-electron chi connectivity index (χ2n) is 4.18. The average Bonchev–Trinajstić information content (AvgIpc) is 2.27. The first-order valence-electron chi connectivity index (χ1n) is 5.39. The Kier molecular flexibility index (Phi) is 4.24. The third-order valence-electron chi connectivity index (χ3n) is 2.71. The average molecular weight is 236 g/mol. The monoisotopic (exact) mass is 236 g/mol. The number of aromatic amines is 1. The zero-order valence-electron chi connectivity index (χ0n) is 10.2. The molecule has 0 radical (unpaired) electrons. The van der Waals surface area contributed by atoms with Crippen LogP contribution in [0.2, 0.25) is 0 Å². The lowest BCUT2D eigenvalue weighted by molar-refractivity contribution is 0.261. The molecule has 17 heavy (non-hydrogen) atoms. The largest absolute Gasteiger partial charge is 0.328 e. The lowest BCUT2D eigenvalue weighted by atomic mass is 10.3. The van der Waals surface area contributed by atoms with E-state index in [-0.39, 0.29) is 5.56 Å². The zero-order chi connectivity index (χ0) is 13.0. The maximum atomic E-state index is 11.5. The molecule has 6 heteroatoms. The van der Waals surface area contributed by atoms with Gasteiger partial charge in [0.05, 0.1) is 0 Å². The van der Waals surface area contributed by atoms with Crippen LogP contribution in [-0.2, 0) is 6.54 Å². The van der Waals surface area contributed by atoms with Gasteiger partial charge in [0.25, 0.3) is 5.56 Å². The fourth-order valence-corrected chi connectivity index (χ4v) is 1.28. The molecule has 0 fully saturated rings. The Balaban J connectivity index is 2.90. The molecule has 1 N–H and O–H groups in total. The summed E-state index contributed by atoms with van der Waals surface area (Å²) in [7, 11) is 1.95. The minimum absolute atomic E-state index is 0.0446. The number of nitrogens with zero attached hydrogens (tertiary/aromatic N) is 3. The van der Waals surface area contributed by atoms with E-state index < -0.39 is 11.2 Å². The fraction of sp³-hybridized carbons (Fsp3) is 0.545. The number of nitriles is 1. The molecule has 0 saturated heterocycles. The maximum Gasteiger partial charge on any atom is 0.328 e. The van der Waals surface area contributed by atoms with Crippen molar-refractivity contribution in [2.45, 2.75) is 26.4 Å². The van der Waals surface area contributed by atoms with Crippen LogP contribution in [0.15, 0.2) is 15.8 Å². The summed E-state index contributed by atoms with van der Waals surface area (Å²) < 4.78 is 1.35. The highest BCUT2D eigenvalue weighted by atomic mass is 16.2. The van der Waals surface area contributed by atoms with Crippen LogP contribution >= 0.6 is 0 Å². The van der Waals surface area contributed by atoms with E-state index >= 15 is 0 Å². The molecule has 0 spiro atoms. The van der Waals surface area contributed by atoms with Crippen LogP contribution in [-0.4, -0.2) is 34.1 Å². The molecule has 6 nitrogen and oxygen atoms in total. The van der Waals surface area contributed by atoms with Crippen molar-refractivity contribution < 1.29 is 0 Å². The molecule has 0 saturated carbocycles. The summed E-state index contributed by atoms with van der Waals surface area (Å²) in [4.78, 5) is 26.8. The van der Waals surface area contributed by atoms with Crippen molar-refractivity contribution in [1.82, 2.24) is 14.5 Å². The van der Waals surface area contributed by atoms with Crippen molar-refractivity contribution in [1.29, 1.82) is 5.26 Å². The van der Waals surface area contributed by atoms with Gasteiger partial charge >= 0.3 is 5.69 Å². The van der Waals surface area contributed by atoms with Crippen LogP contribution < -0.4 is 11.2 Å². The van der Waals surface area contributed by atoms with Gasteiger partial charge in [-0.15, -0.1) is 0 Å². The van der Waals surface area contributed by atoms with Crippen molar-refractivity contribution in [3.63, 3.8) is 0 Å². The predicted molar refractivity (Wildman–Crippen MR) is 63.8 cm³/mol. The molecule has 92 valence electrons. The van der Waals surface area contributed by atoms with E-state index in [0.717, 1.165) is 0 Å². The van der Waals surface area contributed by atoms with Crippen LogP contribution in [0.3, 0.4) is 0 Å². The van der Waals surface area contributed by atoms with Crippen LogP contribution in [0.1, 0.15) is 19.4 Å². The quantitative estimate of drug-likeness (QED) is 0.781. The third kappa shape index (κ3) is 3.29. The summed E-state index contributed by atoms with van der Waals surface area (Å²) >= 11 is 0. The van der Waals surface area contributed by atoms with Crippen LogP contribution in [0.25, 0.3) is 0 Å². The number of rotatable bonds is 4. The molecule has 0 bridgehead atoms. The smallest absolute Gasteiger partial charge is 0.302 e. The van der Waals surface area contributed by atoms with Crippen molar-refractivity contribution in [2.75, 3.05) is 13.6 Å². The van der Waals surface area contributed by atoms with Gasteiger partial charge in [-0.05, 0) is 20.9 Å². The standard InChI is InChI=1S/C11H16N4O2/c1-8(2)14(3)4-5-15-7-9(6-12)10(16)13-11(15)17/h7-8H,4-5H2,1-3H3,(H,13,16,17). The highest BCUT2D eigenvalue weighted by molar-refractivity contribution is 5.21. The van der Waals surface area contributed by atoms with Gasteiger partial charge in [-0.2, -0.15) is 5.26 Å². The Labute approximate surface area is 99.1 Å². The Hall–Kier alpha value is -1.87. The molecule has 0 amide bonds. The molecule has 0 aromatic carbocycles. The van der Waals surface area contributed by atoms with Gasteiger partial charge in [-0.3, -0.25) is 14.3 Å². The fourth-order valence-electron chi connectivity index (χ4n) is 1.28. The lowest BCUT2D eigenvalue weighted by Gasteiger charge is -2.21. The number of likely N-dealkylation sites (N-methyl/N-ethyl adjacent to an activating group) is 1. The number of aromatic nitrogens is 2. The van der Waals surface area contributed by atoms with Gasteiger partial charge in [0, 0.05) is 25.3 Å². The minimum atomic E-state index is -0.633. The van der Waals surface area contributed by atoms with E-state index in [1.165, 1.54) is 10.8 Å². The summed E-state index contributed by atoms with van der Waals surface area (Å²) in [5.41, 5.74) is -1.16. The van der Waals surface area contributed by atoms with E-state index in [1.54, 1.807) is 6.07 Å². The second kappa shape index (κ2) is 5.46. The Morgan fingerprint density at radius 3 is 2.71 bits per heavy atom.